The number of para-hydroxylation sites is 2. The number of benzene rings is 2. The molecule has 3 heterocycles. The van der Waals surface area contributed by atoms with Crippen LogP contribution in [0.1, 0.15) is 15.4 Å². The van der Waals surface area contributed by atoms with E-state index in [4.69, 9.17) is 4.98 Å². The molecule has 4 aromatic rings. The van der Waals surface area contributed by atoms with E-state index in [1.807, 2.05) is 47.0 Å². The molecule has 1 N–H and O–H groups in total. The van der Waals surface area contributed by atoms with Crippen LogP contribution in [0.2, 0.25) is 0 Å². The largest absolute Gasteiger partial charge is 0.350 e. The first kappa shape index (κ1) is 17.4. The normalized spacial score (nSPS) is 15.5. The molecule has 1 fully saturated rings. The predicted octanol–water partition coefficient (Wildman–Crippen LogP) is 2.33. The molecule has 2 aromatic carbocycles. The summed E-state index contributed by atoms with van der Waals surface area (Å²) in [6.45, 7) is 4.46. The van der Waals surface area contributed by atoms with Gasteiger partial charge in [0.1, 0.15) is 11.6 Å². The highest BCUT2D eigenvalue weighted by Crippen LogP contribution is 2.22. The summed E-state index contributed by atoms with van der Waals surface area (Å²) >= 11 is 1.78. The van der Waals surface area contributed by atoms with Gasteiger partial charge in [-0.3, -0.25) is 4.79 Å². The van der Waals surface area contributed by atoms with Crippen molar-refractivity contribution in [3.05, 3.63) is 65.3 Å². The summed E-state index contributed by atoms with van der Waals surface area (Å²) in [6.07, 6.45) is 1.97. The van der Waals surface area contributed by atoms with E-state index in [-0.39, 0.29) is 5.91 Å². The highest BCUT2D eigenvalue weighted by atomic mass is 32.1. The summed E-state index contributed by atoms with van der Waals surface area (Å²) in [5.41, 5.74) is 3.00. The molecule has 6 heteroatoms. The van der Waals surface area contributed by atoms with Gasteiger partial charge in [0.2, 0.25) is 0 Å². The number of hydrogen-bond acceptors (Lipinski definition) is 3. The number of quaternary nitrogens is 1. The lowest BCUT2D eigenvalue weighted by Crippen LogP contribution is -3.13. The third-order valence-corrected chi connectivity index (χ3v) is 6.66. The van der Waals surface area contributed by atoms with Crippen LogP contribution in [-0.4, -0.2) is 46.5 Å². The SMILES string of the molecule is Cn1cc(C(=O)N2CC[NH+](Cc3nc4ccccc4s3)CC2)c2ccccc21. The van der Waals surface area contributed by atoms with Crippen molar-refractivity contribution in [2.45, 2.75) is 6.54 Å². The minimum Gasteiger partial charge on any atom is -0.350 e. The van der Waals surface area contributed by atoms with Gasteiger partial charge in [-0.2, -0.15) is 0 Å². The molecule has 1 aliphatic heterocycles. The van der Waals surface area contributed by atoms with E-state index in [9.17, 15) is 4.79 Å². The lowest BCUT2D eigenvalue weighted by atomic mass is 10.1. The van der Waals surface area contributed by atoms with Gasteiger partial charge in [-0.15, -0.1) is 11.3 Å². The average Bonchev–Trinajstić information content (AvgIpc) is 3.29. The Morgan fingerprint density at radius 1 is 1.11 bits per heavy atom. The molecule has 5 rings (SSSR count). The number of fused-ring (bicyclic) bond motifs is 2. The molecule has 0 bridgehead atoms. The van der Waals surface area contributed by atoms with Gasteiger partial charge in [-0.05, 0) is 18.2 Å². The molecule has 0 spiro atoms. The van der Waals surface area contributed by atoms with Crippen molar-refractivity contribution < 1.29 is 9.69 Å². The molecule has 142 valence electrons. The zero-order chi connectivity index (χ0) is 19.1. The van der Waals surface area contributed by atoms with Crippen molar-refractivity contribution in [2.24, 2.45) is 7.05 Å². The molecule has 0 aliphatic carbocycles. The lowest BCUT2D eigenvalue weighted by molar-refractivity contribution is -0.917. The smallest absolute Gasteiger partial charge is 0.256 e. The Kier molecular flexibility index (Phi) is 4.37. The van der Waals surface area contributed by atoms with Crippen molar-refractivity contribution in [3.63, 3.8) is 0 Å². The molecule has 1 amide bonds. The zero-order valence-electron chi connectivity index (χ0n) is 15.9. The van der Waals surface area contributed by atoms with E-state index < -0.39 is 0 Å². The number of piperazine rings is 1. The van der Waals surface area contributed by atoms with Crippen molar-refractivity contribution in [3.8, 4) is 0 Å². The van der Waals surface area contributed by atoms with Crippen LogP contribution in [0.25, 0.3) is 21.1 Å². The number of carbonyl (C=O) groups excluding carboxylic acids is 1. The van der Waals surface area contributed by atoms with Crippen LogP contribution >= 0.6 is 11.3 Å². The van der Waals surface area contributed by atoms with Crippen LogP contribution in [0.15, 0.2) is 54.7 Å². The van der Waals surface area contributed by atoms with Crippen molar-refractivity contribution >= 4 is 38.4 Å². The summed E-state index contributed by atoms with van der Waals surface area (Å²) < 4.78 is 3.29. The first-order valence-corrected chi connectivity index (χ1v) is 10.5. The Balaban J connectivity index is 1.27. The van der Waals surface area contributed by atoms with E-state index >= 15 is 0 Å². The molecule has 0 atom stereocenters. The lowest BCUT2D eigenvalue weighted by Gasteiger charge is -2.31. The summed E-state index contributed by atoms with van der Waals surface area (Å²) in [5.74, 6) is 0.149. The first-order chi connectivity index (χ1) is 13.7. The average molecular weight is 392 g/mol. The fourth-order valence-corrected chi connectivity index (χ4v) is 5.13. The van der Waals surface area contributed by atoms with Crippen LogP contribution in [0.4, 0.5) is 0 Å². The molecular weight excluding hydrogens is 368 g/mol. The topological polar surface area (TPSA) is 42.6 Å². The molecule has 1 aliphatic rings. The van der Waals surface area contributed by atoms with Gasteiger partial charge in [0, 0.05) is 24.1 Å². The Bertz CT molecular complexity index is 1120. The van der Waals surface area contributed by atoms with E-state index in [0.29, 0.717) is 0 Å². The number of aryl methyl sites for hydroxylation is 1. The Morgan fingerprint density at radius 3 is 2.68 bits per heavy atom. The fraction of sp³-hybridized carbons (Fsp3) is 0.273. The van der Waals surface area contributed by atoms with Gasteiger partial charge in [0.15, 0.2) is 0 Å². The highest BCUT2D eigenvalue weighted by molar-refractivity contribution is 7.18. The summed E-state index contributed by atoms with van der Waals surface area (Å²) in [6, 6.07) is 16.4. The first-order valence-electron chi connectivity index (χ1n) is 9.70. The molecule has 0 radical (unpaired) electrons. The minimum atomic E-state index is 0.149. The van der Waals surface area contributed by atoms with Crippen molar-refractivity contribution in [1.29, 1.82) is 0 Å². The molecule has 0 unspecified atom stereocenters. The third-order valence-electron chi connectivity index (χ3n) is 5.62. The van der Waals surface area contributed by atoms with Crippen LogP contribution in [-0.2, 0) is 13.6 Å². The van der Waals surface area contributed by atoms with Crippen molar-refractivity contribution in [2.75, 3.05) is 26.2 Å². The molecule has 2 aromatic heterocycles. The van der Waals surface area contributed by atoms with Crippen molar-refractivity contribution in [1.82, 2.24) is 14.5 Å². The highest BCUT2D eigenvalue weighted by Gasteiger charge is 2.27. The molecular formula is C22H23N4OS+. The Hall–Kier alpha value is -2.70. The third kappa shape index (κ3) is 3.08. The van der Waals surface area contributed by atoms with Crippen LogP contribution in [0, 0.1) is 0 Å². The van der Waals surface area contributed by atoms with Gasteiger partial charge in [-0.1, -0.05) is 30.3 Å². The Morgan fingerprint density at radius 2 is 1.86 bits per heavy atom. The number of amides is 1. The molecule has 28 heavy (non-hydrogen) atoms. The van der Waals surface area contributed by atoms with Crippen LogP contribution in [0.5, 0.6) is 0 Å². The summed E-state index contributed by atoms with van der Waals surface area (Å²) in [7, 11) is 2.00. The molecule has 0 saturated carbocycles. The number of nitrogens with one attached hydrogen (secondary N) is 1. The van der Waals surface area contributed by atoms with E-state index in [1.54, 1.807) is 11.3 Å². The predicted molar refractivity (Wildman–Crippen MR) is 113 cm³/mol. The number of nitrogens with zero attached hydrogens (tertiary/aromatic N) is 3. The Labute approximate surface area is 167 Å². The maximum Gasteiger partial charge on any atom is 0.256 e. The summed E-state index contributed by atoms with van der Waals surface area (Å²) in [4.78, 5) is 21.4. The van der Waals surface area contributed by atoms with Crippen LogP contribution in [0.3, 0.4) is 0 Å². The van der Waals surface area contributed by atoms with Gasteiger partial charge >= 0.3 is 0 Å². The quantitative estimate of drug-likeness (QED) is 0.583. The number of aromatic nitrogens is 2. The number of rotatable bonds is 3. The molecule has 1 saturated heterocycles. The van der Waals surface area contributed by atoms with Gasteiger partial charge in [0.25, 0.3) is 5.91 Å². The number of thiazole rings is 1. The van der Waals surface area contributed by atoms with Gasteiger partial charge < -0.3 is 14.4 Å². The standard InChI is InChI=1S/C22H22N4OS/c1-24-14-17(16-6-2-4-8-19(16)24)22(27)26-12-10-25(11-13-26)15-21-23-18-7-3-5-9-20(18)28-21/h2-9,14H,10-13,15H2,1H3/p+1. The maximum absolute atomic E-state index is 13.1. The minimum absolute atomic E-state index is 0.149. The second kappa shape index (κ2) is 7.04. The van der Waals surface area contributed by atoms with Crippen LogP contribution < -0.4 is 4.90 Å². The molecule has 5 nitrogen and oxygen atoms in total. The second-order valence-electron chi connectivity index (χ2n) is 7.47. The fourth-order valence-electron chi connectivity index (χ4n) is 4.09. The summed E-state index contributed by atoms with van der Waals surface area (Å²) in [5, 5.41) is 2.23. The van der Waals surface area contributed by atoms with E-state index in [0.717, 1.165) is 54.7 Å². The number of hydrogen-bond donors (Lipinski definition) is 1. The van der Waals surface area contributed by atoms with E-state index in [1.165, 1.54) is 14.6 Å². The monoisotopic (exact) mass is 391 g/mol. The van der Waals surface area contributed by atoms with Gasteiger partial charge in [-0.25, -0.2) is 4.98 Å². The number of carbonyl (C=O) groups is 1. The van der Waals surface area contributed by atoms with E-state index in [2.05, 4.69) is 24.3 Å². The maximum atomic E-state index is 13.1. The zero-order valence-corrected chi connectivity index (χ0v) is 16.7. The van der Waals surface area contributed by atoms with Gasteiger partial charge in [0.05, 0.1) is 42.0 Å². The second-order valence-corrected chi connectivity index (χ2v) is 8.58.